The number of rotatable bonds is 7. The maximum absolute atomic E-state index is 6.07. The van der Waals surface area contributed by atoms with Crippen LogP contribution >= 0.6 is 11.3 Å². The lowest BCUT2D eigenvalue weighted by molar-refractivity contribution is 0.284. The predicted octanol–water partition coefficient (Wildman–Crippen LogP) is 6.89. The smallest absolute Gasteiger partial charge is 0.164 e. The molecule has 0 aliphatic carbocycles. The summed E-state index contributed by atoms with van der Waals surface area (Å²) in [6, 6.07) is 26.5. The molecule has 0 fully saturated rings. The number of methoxy groups -OCH3 is 1. The Bertz CT molecular complexity index is 1380. The molecule has 0 spiro atoms. The van der Waals surface area contributed by atoms with Gasteiger partial charge in [0.15, 0.2) is 17.3 Å². The van der Waals surface area contributed by atoms with Gasteiger partial charge in [0.2, 0.25) is 0 Å². The third-order valence-corrected chi connectivity index (χ3v) is 6.75. The van der Waals surface area contributed by atoms with E-state index >= 15 is 0 Å². The van der Waals surface area contributed by atoms with Crippen LogP contribution in [0.1, 0.15) is 46.9 Å². The largest absolute Gasteiger partial charge is 0.493 e. The van der Waals surface area contributed by atoms with E-state index in [2.05, 4.69) is 37.5 Å². The SMILES string of the molecule is COc1cc(C2=NNC(c3cccs3)=Nc3ccc(C(C)C)cc32)ccc1OCc1ccccc1. The van der Waals surface area contributed by atoms with E-state index in [1.165, 1.54) is 5.56 Å². The van der Waals surface area contributed by atoms with Crippen molar-refractivity contribution in [3.63, 3.8) is 0 Å². The molecule has 176 valence electrons. The fraction of sp³-hybridized carbons (Fsp3) is 0.172. The maximum atomic E-state index is 6.07. The van der Waals surface area contributed by atoms with Gasteiger partial charge < -0.3 is 9.47 Å². The number of benzene rings is 3. The third kappa shape index (κ3) is 4.98. The number of nitrogens with zero attached hydrogens (tertiary/aromatic N) is 2. The van der Waals surface area contributed by atoms with Gasteiger partial charge in [-0.1, -0.05) is 56.3 Å². The van der Waals surface area contributed by atoms with Crippen molar-refractivity contribution in [1.82, 2.24) is 5.43 Å². The maximum Gasteiger partial charge on any atom is 0.164 e. The first-order valence-corrected chi connectivity index (χ1v) is 12.5. The first-order chi connectivity index (χ1) is 17.1. The number of aliphatic imine (C=N–C) groups is 1. The molecule has 0 saturated carbocycles. The van der Waals surface area contributed by atoms with Crippen LogP contribution in [0.3, 0.4) is 0 Å². The number of thiophene rings is 1. The average Bonchev–Trinajstić information content (AvgIpc) is 3.36. The zero-order valence-electron chi connectivity index (χ0n) is 20.0. The van der Waals surface area contributed by atoms with Crippen molar-refractivity contribution in [2.45, 2.75) is 26.4 Å². The monoisotopic (exact) mass is 481 g/mol. The van der Waals surface area contributed by atoms with Crippen LogP contribution < -0.4 is 14.9 Å². The van der Waals surface area contributed by atoms with Crippen molar-refractivity contribution in [2.24, 2.45) is 10.1 Å². The minimum absolute atomic E-state index is 0.391. The number of hydrogen-bond donors (Lipinski definition) is 1. The minimum atomic E-state index is 0.391. The molecule has 1 aliphatic rings. The molecule has 4 aromatic rings. The van der Waals surface area contributed by atoms with Crippen LogP contribution in [0.2, 0.25) is 0 Å². The fourth-order valence-corrected chi connectivity index (χ4v) is 4.59. The molecular formula is C29H27N3O2S. The summed E-state index contributed by atoms with van der Waals surface area (Å²) >= 11 is 1.63. The van der Waals surface area contributed by atoms with Crippen LogP contribution in [-0.2, 0) is 6.61 Å². The average molecular weight is 482 g/mol. The Morgan fingerprint density at radius 2 is 1.77 bits per heavy atom. The second-order valence-electron chi connectivity index (χ2n) is 8.58. The lowest BCUT2D eigenvalue weighted by atomic mass is 9.94. The summed E-state index contributed by atoms with van der Waals surface area (Å²) in [5.74, 6) is 2.48. The van der Waals surface area contributed by atoms with Crippen LogP contribution in [0.4, 0.5) is 5.69 Å². The molecule has 0 radical (unpaired) electrons. The molecule has 6 heteroatoms. The van der Waals surface area contributed by atoms with E-state index in [-0.39, 0.29) is 0 Å². The van der Waals surface area contributed by atoms with Gasteiger partial charge >= 0.3 is 0 Å². The highest BCUT2D eigenvalue weighted by molar-refractivity contribution is 7.12. The molecule has 5 rings (SSSR count). The first kappa shape index (κ1) is 22.9. The zero-order valence-corrected chi connectivity index (χ0v) is 20.8. The standard InChI is InChI=1S/C29H27N3O2S/c1-19(2)21-11-13-24-23(16-21)28(31-32-29(30-24)27-10-7-15-35-27)22-12-14-25(26(17-22)33-3)34-18-20-8-5-4-6-9-20/h4-17,19H,18H2,1-3H3,(H,30,32). The predicted molar refractivity (Wildman–Crippen MR) is 144 cm³/mol. The van der Waals surface area contributed by atoms with Crippen molar-refractivity contribution >= 4 is 28.6 Å². The van der Waals surface area contributed by atoms with E-state index in [1.54, 1.807) is 18.4 Å². The lowest BCUT2D eigenvalue weighted by Crippen LogP contribution is -2.18. The second-order valence-corrected chi connectivity index (χ2v) is 9.53. The molecule has 0 bridgehead atoms. The van der Waals surface area contributed by atoms with Gasteiger partial charge in [-0.3, -0.25) is 5.43 Å². The Balaban J connectivity index is 1.53. The fourth-order valence-electron chi connectivity index (χ4n) is 3.93. The van der Waals surface area contributed by atoms with Gasteiger partial charge in [0, 0.05) is 11.1 Å². The van der Waals surface area contributed by atoms with E-state index in [4.69, 9.17) is 19.6 Å². The quantitative estimate of drug-likeness (QED) is 0.313. The number of hydrazone groups is 1. The molecular weight excluding hydrogens is 454 g/mol. The zero-order chi connectivity index (χ0) is 24.2. The van der Waals surface area contributed by atoms with Crippen molar-refractivity contribution < 1.29 is 9.47 Å². The molecule has 0 saturated heterocycles. The van der Waals surface area contributed by atoms with Crippen LogP contribution in [0, 0.1) is 0 Å². The molecule has 35 heavy (non-hydrogen) atoms. The molecule has 2 heterocycles. The molecule has 5 nitrogen and oxygen atoms in total. The van der Waals surface area contributed by atoms with Crippen LogP contribution in [0.15, 0.2) is 94.3 Å². The Labute approximate surface area is 209 Å². The highest BCUT2D eigenvalue weighted by Gasteiger charge is 2.20. The Morgan fingerprint density at radius 3 is 2.51 bits per heavy atom. The van der Waals surface area contributed by atoms with Gasteiger partial charge in [-0.2, -0.15) is 5.10 Å². The molecule has 0 amide bonds. The summed E-state index contributed by atoms with van der Waals surface area (Å²) in [5.41, 5.74) is 9.14. The highest BCUT2D eigenvalue weighted by Crippen LogP contribution is 2.33. The van der Waals surface area contributed by atoms with Gasteiger partial charge in [0.1, 0.15) is 12.3 Å². The number of fused-ring (bicyclic) bond motifs is 1. The lowest BCUT2D eigenvalue weighted by Gasteiger charge is -2.15. The van der Waals surface area contributed by atoms with E-state index in [0.717, 1.165) is 38.8 Å². The topological polar surface area (TPSA) is 55.2 Å². The van der Waals surface area contributed by atoms with Crippen LogP contribution in [0.25, 0.3) is 0 Å². The number of hydrogen-bond acceptors (Lipinski definition) is 6. The van der Waals surface area contributed by atoms with Crippen LogP contribution in [-0.4, -0.2) is 18.7 Å². The minimum Gasteiger partial charge on any atom is -0.493 e. The Morgan fingerprint density at radius 1 is 0.914 bits per heavy atom. The molecule has 0 unspecified atom stereocenters. The van der Waals surface area contributed by atoms with Crippen molar-refractivity contribution in [3.05, 3.63) is 111 Å². The first-order valence-electron chi connectivity index (χ1n) is 11.6. The molecule has 0 atom stereocenters. The van der Waals surface area contributed by atoms with E-state index < -0.39 is 0 Å². The van der Waals surface area contributed by atoms with Gasteiger partial charge in [-0.05, 0) is 58.8 Å². The van der Waals surface area contributed by atoms with E-state index in [0.29, 0.717) is 24.0 Å². The third-order valence-electron chi connectivity index (χ3n) is 5.88. The summed E-state index contributed by atoms with van der Waals surface area (Å²) in [6.45, 7) is 4.85. The second kappa shape index (κ2) is 10.2. The van der Waals surface area contributed by atoms with E-state index in [9.17, 15) is 0 Å². The number of amidine groups is 1. The summed E-state index contributed by atoms with van der Waals surface area (Å²) < 4.78 is 11.8. The normalized spacial score (nSPS) is 12.8. The number of ether oxygens (including phenoxy) is 2. The Kier molecular flexibility index (Phi) is 6.64. The number of nitrogens with one attached hydrogen (secondary N) is 1. The molecule has 1 aromatic heterocycles. The van der Waals surface area contributed by atoms with Gasteiger partial charge in [0.25, 0.3) is 0 Å². The summed E-state index contributed by atoms with van der Waals surface area (Å²) in [4.78, 5) is 5.96. The van der Waals surface area contributed by atoms with Gasteiger partial charge in [0.05, 0.1) is 17.7 Å². The summed E-state index contributed by atoms with van der Waals surface area (Å²) in [6.07, 6.45) is 0. The Hall–Kier alpha value is -3.90. The van der Waals surface area contributed by atoms with Crippen molar-refractivity contribution in [2.75, 3.05) is 7.11 Å². The van der Waals surface area contributed by atoms with Crippen molar-refractivity contribution in [1.29, 1.82) is 0 Å². The highest BCUT2D eigenvalue weighted by atomic mass is 32.1. The van der Waals surface area contributed by atoms with Gasteiger partial charge in [-0.25, -0.2) is 4.99 Å². The summed E-state index contributed by atoms with van der Waals surface area (Å²) in [5, 5.41) is 6.86. The molecule has 1 N–H and O–H groups in total. The van der Waals surface area contributed by atoms with Crippen molar-refractivity contribution in [3.8, 4) is 11.5 Å². The summed E-state index contributed by atoms with van der Waals surface area (Å²) in [7, 11) is 1.66. The van der Waals surface area contributed by atoms with Crippen LogP contribution in [0.5, 0.6) is 11.5 Å². The molecule has 1 aliphatic heterocycles. The van der Waals surface area contributed by atoms with Gasteiger partial charge in [-0.15, -0.1) is 11.3 Å². The van der Waals surface area contributed by atoms with E-state index in [1.807, 2.05) is 66.0 Å². The molecule has 3 aromatic carbocycles.